The van der Waals surface area contributed by atoms with Gasteiger partial charge in [0, 0.05) is 38.4 Å². The minimum absolute atomic E-state index is 0.175. The first-order valence-electron chi connectivity index (χ1n) is 10.2. The highest BCUT2D eigenvalue weighted by molar-refractivity contribution is 5.78. The van der Waals surface area contributed by atoms with Crippen molar-refractivity contribution in [3.8, 4) is 0 Å². The summed E-state index contributed by atoms with van der Waals surface area (Å²) in [7, 11) is 2.10. The van der Waals surface area contributed by atoms with E-state index in [-0.39, 0.29) is 5.91 Å². The van der Waals surface area contributed by atoms with Crippen molar-refractivity contribution in [1.29, 1.82) is 0 Å². The third-order valence-electron chi connectivity index (χ3n) is 5.69. The maximum Gasteiger partial charge on any atom is 0.234 e. The van der Waals surface area contributed by atoms with E-state index >= 15 is 0 Å². The summed E-state index contributed by atoms with van der Waals surface area (Å²) in [6.45, 7) is 6.88. The number of nitrogens with zero attached hydrogens (tertiary/aromatic N) is 3. The monoisotopic (exact) mass is 358 g/mol. The molecule has 1 aromatic carbocycles. The first-order chi connectivity index (χ1) is 12.7. The molecular formula is C21H34N4O. The van der Waals surface area contributed by atoms with Gasteiger partial charge in [-0.05, 0) is 63.9 Å². The second kappa shape index (κ2) is 9.93. The van der Waals surface area contributed by atoms with Crippen molar-refractivity contribution >= 4 is 11.6 Å². The molecule has 3 rings (SSSR count). The Hall–Kier alpha value is -1.59. The molecule has 0 saturated carbocycles. The number of hydrogen-bond donors (Lipinski definition) is 1. The molecule has 5 nitrogen and oxygen atoms in total. The Morgan fingerprint density at radius 1 is 1.15 bits per heavy atom. The number of piperidine rings is 1. The summed E-state index contributed by atoms with van der Waals surface area (Å²) in [6.07, 6.45) is 6.16. The van der Waals surface area contributed by atoms with Gasteiger partial charge >= 0.3 is 0 Å². The molecule has 0 bridgehead atoms. The Morgan fingerprint density at radius 3 is 2.69 bits per heavy atom. The molecule has 0 spiro atoms. The minimum Gasteiger partial charge on any atom is -0.375 e. The van der Waals surface area contributed by atoms with E-state index in [1.54, 1.807) is 0 Å². The number of nitrogens with one attached hydrogen (secondary N) is 1. The SMILES string of the molecule is CN(CCCNC(=O)CN1CCCC(N2CCCC2)C1)c1ccccc1. The van der Waals surface area contributed by atoms with Crippen molar-refractivity contribution in [3.05, 3.63) is 30.3 Å². The number of amides is 1. The number of benzene rings is 1. The zero-order valence-electron chi connectivity index (χ0n) is 16.2. The van der Waals surface area contributed by atoms with Gasteiger partial charge < -0.3 is 10.2 Å². The zero-order valence-corrected chi connectivity index (χ0v) is 16.2. The van der Waals surface area contributed by atoms with Crippen LogP contribution in [-0.2, 0) is 4.79 Å². The Kier molecular flexibility index (Phi) is 7.32. The van der Waals surface area contributed by atoms with Gasteiger partial charge in [-0.25, -0.2) is 0 Å². The highest BCUT2D eigenvalue weighted by Gasteiger charge is 2.27. The molecular weight excluding hydrogens is 324 g/mol. The summed E-state index contributed by atoms with van der Waals surface area (Å²) < 4.78 is 0. The van der Waals surface area contributed by atoms with Crippen LogP contribution in [0.1, 0.15) is 32.1 Å². The first-order valence-corrected chi connectivity index (χ1v) is 10.2. The van der Waals surface area contributed by atoms with E-state index in [1.165, 1.54) is 44.5 Å². The van der Waals surface area contributed by atoms with Crippen LogP contribution in [0.3, 0.4) is 0 Å². The second-order valence-electron chi connectivity index (χ2n) is 7.73. The average molecular weight is 359 g/mol. The molecule has 2 aliphatic heterocycles. The van der Waals surface area contributed by atoms with E-state index < -0.39 is 0 Å². The van der Waals surface area contributed by atoms with Crippen LogP contribution in [0.2, 0.25) is 0 Å². The van der Waals surface area contributed by atoms with Crippen LogP contribution in [-0.4, -0.2) is 74.6 Å². The molecule has 0 radical (unpaired) electrons. The quantitative estimate of drug-likeness (QED) is 0.723. The third-order valence-corrected chi connectivity index (χ3v) is 5.69. The lowest BCUT2D eigenvalue weighted by Gasteiger charge is -2.37. The van der Waals surface area contributed by atoms with Crippen LogP contribution in [0.25, 0.3) is 0 Å². The Balaban J connectivity index is 1.31. The van der Waals surface area contributed by atoms with Gasteiger partial charge in [-0.1, -0.05) is 18.2 Å². The predicted molar refractivity (Wildman–Crippen MR) is 108 cm³/mol. The van der Waals surface area contributed by atoms with Crippen LogP contribution < -0.4 is 10.2 Å². The lowest BCUT2D eigenvalue weighted by atomic mass is 10.0. The van der Waals surface area contributed by atoms with Crippen LogP contribution in [0.15, 0.2) is 30.3 Å². The third kappa shape index (κ3) is 5.71. The number of likely N-dealkylation sites (tertiary alicyclic amines) is 2. The molecule has 5 heteroatoms. The molecule has 1 amide bonds. The summed E-state index contributed by atoms with van der Waals surface area (Å²) in [4.78, 5) is 19.5. The Labute approximate surface area is 158 Å². The van der Waals surface area contributed by atoms with E-state index in [0.717, 1.165) is 32.6 Å². The van der Waals surface area contributed by atoms with Crippen molar-refractivity contribution in [1.82, 2.24) is 15.1 Å². The van der Waals surface area contributed by atoms with Gasteiger partial charge in [-0.3, -0.25) is 14.6 Å². The van der Waals surface area contributed by atoms with Crippen molar-refractivity contribution in [3.63, 3.8) is 0 Å². The number of anilines is 1. The van der Waals surface area contributed by atoms with Crippen LogP contribution in [0.4, 0.5) is 5.69 Å². The van der Waals surface area contributed by atoms with Crippen molar-refractivity contribution in [2.24, 2.45) is 0 Å². The highest BCUT2D eigenvalue weighted by atomic mass is 16.2. The minimum atomic E-state index is 0.175. The van der Waals surface area contributed by atoms with Gasteiger partial charge in [0.2, 0.25) is 5.91 Å². The maximum absolute atomic E-state index is 12.3. The lowest BCUT2D eigenvalue weighted by Crippen LogP contribution is -2.49. The molecule has 2 fully saturated rings. The zero-order chi connectivity index (χ0) is 18.2. The fourth-order valence-corrected chi connectivity index (χ4v) is 4.19. The fraction of sp³-hybridized carbons (Fsp3) is 0.667. The standard InChI is InChI=1S/C21H34N4O/c1-23(19-9-3-2-4-10-19)13-8-12-22-21(26)18-24-14-7-11-20(17-24)25-15-5-6-16-25/h2-4,9-10,20H,5-8,11-18H2,1H3,(H,22,26). The number of hydrogen-bond acceptors (Lipinski definition) is 4. The average Bonchev–Trinajstić information content (AvgIpc) is 3.21. The van der Waals surface area contributed by atoms with Gasteiger partial charge in [-0.15, -0.1) is 0 Å². The molecule has 0 aromatic heterocycles. The van der Waals surface area contributed by atoms with Gasteiger partial charge in [-0.2, -0.15) is 0 Å². The van der Waals surface area contributed by atoms with Gasteiger partial charge in [0.25, 0.3) is 0 Å². The topological polar surface area (TPSA) is 38.8 Å². The molecule has 2 aliphatic rings. The van der Waals surface area contributed by atoms with E-state index in [4.69, 9.17) is 0 Å². The van der Waals surface area contributed by atoms with Crippen molar-refractivity contribution in [2.75, 3.05) is 57.8 Å². The Bertz CT molecular complexity index is 544. The van der Waals surface area contributed by atoms with Crippen LogP contribution >= 0.6 is 0 Å². The summed E-state index contributed by atoms with van der Waals surface area (Å²) in [5.74, 6) is 0.175. The molecule has 0 aliphatic carbocycles. The molecule has 1 N–H and O–H groups in total. The number of carbonyl (C=O) groups excluding carboxylic acids is 1. The van der Waals surface area contributed by atoms with Gasteiger partial charge in [0.05, 0.1) is 6.54 Å². The molecule has 144 valence electrons. The fourth-order valence-electron chi connectivity index (χ4n) is 4.19. The molecule has 26 heavy (non-hydrogen) atoms. The van der Waals surface area contributed by atoms with E-state index in [0.29, 0.717) is 12.6 Å². The molecule has 2 heterocycles. The summed E-state index contributed by atoms with van der Waals surface area (Å²) in [5.41, 5.74) is 1.22. The Morgan fingerprint density at radius 2 is 1.92 bits per heavy atom. The van der Waals surface area contributed by atoms with Crippen molar-refractivity contribution in [2.45, 2.75) is 38.1 Å². The first kappa shape index (κ1) is 19.2. The summed E-state index contributed by atoms with van der Waals surface area (Å²) in [5, 5.41) is 3.10. The van der Waals surface area contributed by atoms with Crippen LogP contribution in [0.5, 0.6) is 0 Å². The summed E-state index contributed by atoms with van der Waals surface area (Å²) in [6, 6.07) is 11.0. The molecule has 2 saturated heterocycles. The maximum atomic E-state index is 12.3. The predicted octanol–water partition coefficient (Wildman–Crippen LogP) is 2.19. The molecule has 1 aromatic rings. The molecule has 1 unspecified atom stereocenters. The van der Waals surface area contributed by atoms with Crippen LogP contribution in [0, 0.1) is 0 Å². The molecule has 1 atom stereocenters. The summed E-state index contributed by atoms with van der Waals surface area (Å²) >= 11 is 0. The second-order valence-corrected chi connectivity index (χ2v) is 7.73. The smallest absolute Gasteiger partial charge is 0.234 e. The van der Waals surface area contributed by atoms with Gasteiger partial charge in [0.15, 0.2) is 0 Å². The largest absolute Gasteiger partial charge is 0.375 e. The number of para-hydroxylation sites is 1. The van der Waals surface area contributed by atoms with E-state index in [9.17, 15) is 4.79 Å². The van der Waals surface area contributed by atoms with E-state index in [1.807, 2.05) is 6.07 Å². The lowest BCUT2D eigenvalue weighted by molar-refractivity contribution is -0.122. The number of carbonyl (C=O) groups is 1. The van der Waals surface area contributed by atoms with E-state index in [2.05, 4.69) is 51.3 Å². The normalized spacial score (nSPS) is 21.7. The number of rotatable bonds is 8. The highest BCUT2D eigenvalue weighted by Crippen LogP contribution is 2.20. The van der Waals surface area contributed by atoms with Gasteiger partial charge in [0.1, 0.15) is 0 Å². The van der Waals surface area contributed by atoms with Crippen molar-refractivity contribution < 1.29 is 4.79 Å².